The van der Waals surface area contributed by atoms with Gasteiger partial charge in [-0.25, -0.2) is 19.7 Å². The van der Waals surface area contributed by atoms with E-state index in [1.807, 2.05) is 47.6 Å². The summed E-state index contributed by atoms with van der Waals surface area (Å²) in [6.07, 6.45) is 13.0. The number of carbonyl (C=O) groups is 3. The highest BCUT2D eigenvalue weighted by Crippen LogP contribution is 2.49. The number of ketones is 1. The van der Waals surface area contributed by atoms with Crippen LogP contribution in [0.25, 0.3) is 6.08 Å². The fourth-order valence-electron chi connectivity index (χ4n) is 7.42. The molecule has 2 aromatic heterocycles. The van der Waals surface area contributed by atoms with Gasteiger partial charge in [0.05, 0.1) is 29.7 Å². The van der Waals surface area contributed by atoms with Crippen molar-refractivity contribution >= 4 is 29.8 Å². The number of hydrogen-bond acceptors (Lipinski definition) is 10. The van der Waals surface area contributed by atoms with Gasteiger partial charge in [0.2, 0.25) is 11.9 Å². The number of alkyl carbamates (subject to hydrolysis) is 1. The van der Waals surface area contributed by atoms with Crippen LogP contribution in [0.15, 0.2) is 29.0 Å². The number of fused-ring (bicyclic) bond motifs is 1. The van der Waals surface area contributed by atoms with E-state index in [9.17, 15) is 19.2 Å². The number of ether oxygens (including phenoxy) is 2. The highest BCUT2D eigenvalue weighted by atomic mass is 16.6. The van der Waals surface area contributed by atoms with Crippen molar-refractivity contribution in [2.45, 2.75) is 130 Å². The number of nitrogens with zero attached hydrogens (tertiary/aromatic N) is 4. The molecule has 0 bridgehead atoms. The Bertz CT molecular complexity index is 1650. The molecule has 5 atom stereocenters. The van der Waals surface area contributed by atoms with Crippen molar-refractivity contribution in [3.05, 3.63) is 51.7 Å². The second-order valence-electron chi connectivity index (χ2n) is 15.9. The van der Waals surface area contributed by atoms with Crippen LogP contribution >= 0.6 is 0 Å². The van der Waals surface area contributed by atoms with Crippen molar-refractivity contribution in [3.63, 3.8) is 0 Å². The quantitative estimate of drug-likeness (QED) is 0.175. The minimum Gasteiger partial charge on any atom is -0.496 e. The monoisotopic (exact) mass is 719 g/mol. The first-order chi connectivity index (χ1) is 24.8. The number of Topliss-reactive ketones (excluding diaryl/α,β-unsaturated/α-hetero) is 1. The second kappa shape index (κ2) is 17.0. The first kappa shape index (κ1) is 38.9. The number of unbranched alkanes of at least 4 members (excludes halogenated alkanes) is 2. The fourth-order valence-corrected chi connectivity index (χ4v) is 7.42. The average Bonchev–Trinajstić information content (AvgIpc) is 3.55. The number of amides is 2. The normalized spacial score (nSPS) is 22.9. The van der Waals surface area contributed by atoms with Crippen molar-refractivity contribution in [3.8, 4) is 0 Å². The van der Waals surface area contributed by atoms with Crippen molar-refractivity contribution in [1.82, 2.24) is 30.2 Å². The van der Waals surface area contributed by atoms with E-state index in [1.54, 1.807) is 23.4 Å². The van der Waals surface area contributed by atoms with Crippen LogP contribution in [0.5, 0.6) is 0 Å². The molecular formula is C39H57N7O6. The third kappa shape index (κ3) is 9.97. The van der Waals surface area contributed by atoms with E-state index in [0.29, 0.717) is 56.3 Å². The summed E-state index contributed by atoms with van der Waals surface area (Å²) in [6, 6.07) is 0.513. The van der Waals surface area contributed by atoms with Gasteiger partial charge in [0, 0.05) is 43.8 Å². The number of aryl methyl sites for hydroxylation is 2. The molecule has 1 saturated heterocycles. The largest absolute Gasteiger partial charge is 0.496 e. The van der Waals surface area contributed by atoms with Gasteiger partial charge in [-0.2, -0.15) is 0 Å². The zero-order valence-electron chi connectivity index (χ0n) is 31.8. The van der Waals surface area contributed by atoms with Crippen molar-refractivity contribution in [2.75, 3.05) is 25.0 Å². The highest BCUT2D eigenvalue weighted by molar-refractivity contribution is 5.93. The Morgan fingerprint density at radius 3 is 2.63 bits per heavy atom. The Morgan fingerprint density at radius 2 is 1.90 bits per heavy atom. The lowest BCUT2D eigenvalue weighted by atomic mass is 9.85. The van der Waals surface area contributed by atoms with Crippen LogP contribution in [0.4, 0.5) is 10.7 Å². The summed E-state index contributed by atoms with van der Waals surface area (Å²) >= 11 is 0. The standard InChI is InChI=1S/C39H57N7O6/c1-7-12-31(47)32-25(2)17-21-46(32)35(49)33(38(3,4)5)45-37(50)52-39(6)24-26(39)13-9-8-10-14-29-34(48)44-30-23-27(15-16-28(30)43-29)51-22-20-42-36-40-18-11-19-41-36/h11,18-19,23,25-26,32-33H,7-10,12-17,20-22,24H2,1-6H3,(H,44,48)(H,45,50)(H,40,41,42). The molecule has 5 rings (SSSR count). The molecule has 13 heteroatoms. The highest BCUT2D eigenvalue weighted by Gasteiger charge is 2.54. The minimum absolute atomic E-state index is 0.0910. The van der Waals surface area contributed by atoms with Gasteiger partial charge in [-0.15, -0.1) is 0 Å². The van der Waals surface area contributed by atoms with E-state index in [0.717, 1.165) is 62.8 Å². The Balaban J connectivity index is 1.03. The zero-order chi connectivity index (χ0) is 37.5. The van der Waals surface area contributed by atoms with Gasteiger partial charge in [-0.3, -0.25) is 14.4 Å². The molecule has 3 heterocycles. The summed E-state index contributed by atoms with van der Waals surface area (Å²) in [6.45, 7) is 13.2. The molecule has 13 nitrogen and oxygen atoms in total. The van der Waals surface area contributed by atoms with E-state index in [-0.39, 0.29) is 29.1 Å². The Morgan fingerprint density at radius 1 is 1.13 bits per heavy atom. The number of nitrogens with one attached hydrogen (secondary N) is 3. The van der Waals surface area contributed by atoms with Crippen molar-refractivity contribution in [2.24, 2.45) is 17.3 Å². The van der Waals surface area contributed by atoms with Crippen LogP contribution in [0, 0.1) is 17.3 Å². The van der Waals surface area contributed by atoms with Crippen LogP contribution in [0.2, 0.25) is 0 Å². The molecule has 0 aromatic carbocycles. The summed E-state index contributed by atoms with van der Waals surface area (Å²) in [5.74, 6) is 1.58. The topological polar surface area (TPSA) is 168 Å². The summed E-state index contributed by atoms with van der Waals surface area (Å²) in [7, 11) is 0. The maximum atomic E-state index is 13.8. The number of carbonyl (C=O) groups excluding carboxylic acids is 3. The van der Waals surface area contributed by atoms with E-state index < -0.39 is 29.2 Å². The molecule has 3 N–H and O–H groups in total. The van der Waals surface area contributed by atoms with E-state index in [4.69, 9.17) is 14.5 Å². The van der Waals surface area contributed by atoms with Gasteiger partial charge >= 0.3 is 6.09 Å². The molecule has 2 fully saturated rings. The number of allylic oxidation sites excluding steroid dienone is 1. The maximum absolute atomic E-state index is 13.8. The van der Waals surface area contributed by atoms with Gasteiger partial charge < -0.3 is 30.0 Å². The van der Waals surface area contributed by atoms with Crippen LogP contribution < -0.4 is 16.2 Å². The molecule has 2 aromatic rings. The molecule has 2 aliphatic carbocycles. The van der Waals surface area contributed by atoms with Crippen LogP contribution in [0.1, 0.15) is 116 Å². The number of H-pyrrole nitrogens is 1. The Kier molecular flexibility index (Phi) is 12.7. The summed E-state index contributed by atoms with van der Waals surface area (Å²) in [4.78, 5) is 70.3. The van der Waals surface area contributed by atoms with Gasteiger partial charge in [0.15, 0.2) is 5.78 Å². The van der Waals surface area contributed by atoms with E-state index >= 15 is 0 Å². The molecule has 5 unspecified atom stereocenters. The lowest BCUT2D eigenvalue weighted by Crippen LogP contribution is -2.57. The maximum Gasteiger partial charge on any atom is 0.408 e. The molecule has 0 spiro atoms. The van der Waals surface area contributed by atoms with Gasteiger partial charge in [0.1, 0.15) is 23.9 Å². The summed E-state index contributed by atoms with van der Waals surface area (Å²) in [5.41, 5.74) is 0.857. The van der Waals surface area contributed by atoms with Gasteiger partial charge in [0.25, 0.3) is 5.56 Å². The van der Waals surface area contributed by atoms with E-state index in [1.165, 1.54) is 0 Å². The molecule has 52 heavy (non-hydrogen) atoms. The minimum atomic E-state index is -0.807. The number of likely N-dealkylation sites (tertiary alicyclic amines) is 1. The van der Waals surface area contributed by atoms with Crippen molar-refractivity contribution in [1.29, 1.82) is 0 Å². The molecule has 1 saturated carbocycles. The average molecular weight is 720 g/mol. The fraction of sp³-hybridized carbons (Fsp3) is 0.667. The number of aromatic nitrogens is 4. The number of rotatable bonds is 17. The first-order valence-corrected chi connectivity index (χ1v) is 19.1. The molecule has 284 valence electrons. The first-order valence-electron chi connectivity index (χ1n) is 19.1. The van der Waals surface area contributed by atoms with Crippen LogP contribution in [-0.4, -0.2) is 80.0 Å². The lowest BCUT2D eigenvalue weighted by Gasteiger charge is -2.36. The molecule has 0 radical (unpaired) electrons. The molecular weight excluding hydrogens is 662 g/mol. The second-order valence-corrected chi connectivity index (χ2v) is 15.9. The number of anilines is 1. The van der Waals surface area contributed by atoms with Crippen LogP contribution in [-0.2, 0) is 31.9 Å². The van der Waals surface area contributed by atoms with Gasteiger partial charge in [-0.1, -0.05) is 47.5 Å². The SMILES string of the molecule is CCCC(=O)C1C(C)CCN1C(=O)C(NC(=O)OC1(C)CC1CCCCCc1nc2c([nH]c1=O)C=C(OCCNc1ncccn1)CC2)C(C)(C)C. The van der Waals surface area contributed by atoms with Crippen LogP contribution in [0.3, 0.4) is 0 Å². The third-order valence-corrected chi connectivity index (χ3v) is 10.6. The van der Waals surface area contributed by atoms with E-state index in [2.05, 4.69) is 25.6 Å². The van der Waals surface area contributed by atoms with Gasteiger partial charge in [-0.05, 0) is 69.3 Å². The smallest absolute Gasteiger partial charge is 0.408 e. The molecule has 2 amide bonds. The summed E-state index contributed by atoms with van der Waals surface area (Å²) in [5, 5.41) is 5.99. The zero-order valence-corrected chi connectivity index (χ0v) is 31.8. The molecule has 1 aliphatic heterocycles. The predicted molar refractivity (Wildman–Crippen MR) is 198 cm³/mol. The number of hydrogen-bond donors (Lipinski definition) is 3. The predicted octanol–water partition coefficient (Wildman–Crippen LogP) is 5.60. The third-order valence-electron chi connectivity index (χ3n) is 10.6. The summed E-state index contributed by atoms with van der Waals surface area (Å²) < 4.78 is 11.8. The lowest BCUT2D eigenvalue weighted by molar-refractivity contribution is -0.142. The molecule has 3 aliphatic rings. The number of aromatic amines is 1. The van der Waals surface area contributed by atoms with Crippen molar-refractivity contribution < 1.29 is 23.9 Å². The Hall–Kier alpha value is -4.29. The Labute approximate surface area is 307 Å².